The van der Waals surface area contributed by atoms with Gasteiger partial charge in [0, 0.05) is 17.8 Å². The van der Waals surface area contributed by atoms with Crippen molar-refractivity contribution >= 4 is 27.3 Å². The highest BCUT2D eigenvalue weighted by atomic mass is 32.2. The predicted octanol–water partition coefficient (Wildman–Crippen LogP) is 0.902. The lowest BCUT2D eigenvalue weighted by Crippen LogP contribution is -2.43. The molecule has 128 valence electrons. The number of carbonyl (C=O) groups excluding carboxylic acids is 2. The van der Waals surface area contributed by atoms with Crippen LogP contribution < -0.4 is 5.32 Å². The topological polar surface area (TPSA) is 83.6 Å². The predicted molar refractivity (Wildman–Crippen MR) is 89.4 cm³/mol. The monoisotopic (exact) mass is 348 g/mol. The number of rotatable bonds is 4. The van der Waals surface area contributed by atoms with Gasteiger partial charge in [-0.15, -0.1) is 0 Å². The molecule has 4 rings (SSSR count). The number of anilines is 1. The molecule has 6 nitrogen and oxygen atoms in total. The third-order valence-electron chi connectivity index (χ3n) is 4.98. The molecular formula is C17H20N2O4S. The second-order valence-corrected chi connectivity index (χ2v) is 9.21. The van der Waals surface area contributed by atoms with Crippen LogP contribution in [0.3, 0.4) is 0 Å². The van der Waals surface area contributed by atoms with E-state index in [4.69, 9.17) is 0 Å². The van der Waals surface area contributed by atoms with Gasteiger partial charge in [-0.1, -0.05) is 12.1 Å². The highest BCUT2D eigenvalue weighted by Crippen LogP contribution is 2.33. The molecule has 0 aromatic heterocycles. The lowest BCUT2D eigenvalue weighted by atomic mass is 10.1. The van der Waals surface area contributed by atoms with Gasteiger partial charge in [0.1, 0.15) is 0 Å². The summed E-state index contributed by atoms with van der Waals surface area (Å²) in [6.45, 7) is 0. The molecule has 1 atom stereocenters. The highest BCUT2D eigenvalue weighted by Gasteiger charge is 2.41. The van der Waals surface area contributed by atoms with Crippen LogP contribution in [-0.2, 0) is 32.3 Å². The van der Waals surface area contributed by atoms with Crippen molar-refractivity contribution < 1.29 is 18.0 Å². The van der Waals surface area contributed by atoms with Crippen LogP contribution in [0.25, 0.3) is 0 Å². The Hall–Kier alpha value is -1.89. The van der Waals surface area contributed by atoms with Crippen molar-refractivity contribution in [3.8, 4) is 0 Å². The van der Waals surface area contributed by atoms with Crippen LogP contribution in [0, 0.1) is 0 Å². The summed E-state index contributed by atoms with van der Waals surface area (Å²) in [5.41, 5.74) is 2.59. The molecule has 0 spiro atoms. The number of nitrogens with one attached hydrogen (secondary N) is 1. The van der Waals surface area contributed by atoms with Gasteiger partial charge in [0.05, 0.1) is 24.3 Å². The maximum atomic E-state index is 12.8. The smallest absolute Gasteiger partial charge is 0.228 e. The first-order valence-corrected chi connectivity index (χ1v) is 10.2. The van der Waals surface area contributed by atoms with Crippen LogP contribution in [0.4, 0.5) is 5.69 Å². The molecule has 3 aliphatic rings. The Morgan fingerprint density at radius 1 is 1.21 bits per heavy atom. The van der Waals surface area contributed by atoms with E-state index in [0.717, 1.165) is 29.7 Å². The van der Waals surface area contributed by atoms with Crippen molar-refractivity contribution in [2.24, 2.45) is 0 Å². The van der Waals surface area contributed by atoms with E-state index in [2.05, 4.69) is 5.32 Å². The molecule has 2 fully saturated rings. The zero-order chi connectivity index (χ0) is 16.9. The first-order valence-electron chi connectivity index (χ1n) is 8.34. The molecule has 2 aliphatic heterocycles. The molecule has 1 saturated heterocycles. The fourth-order valence-corrected chi connectivity index (χ4v) is 5.40. The number of fused-ring (bicyclic) bond motifs is 1. The average molecular weight is 348 g/mol. The van der Waals surface area contributed by atoms with Gasteiger partial charge in [-0.05, 0) is 36.5 Å². The second kappa shape index (κ2) is 5.58. The van der Waals surface area contributed by atoms with Gasteiger partial charge >= 0.3 is 0 Å². The number of carbonyl (C=O) groups is 2. The molecule has 1 aromatic carbocycles. The van der Waals surface area contributed by atoms with E-state index in [0.29, 0.717) is 12.8 Å². The maximum Gasteiger partial charge on any atom is 0.228 e. The summed E-state index contributed by atoms with van der Waals surface area (Å²) in [7, 11) is -3.01. The Morgan fingerprint density at radius 2 is 2.00 bits per heavy atom. The molecule has 1 unspecified atom stereocenters. The first kappa shape index (κ1) is 15.6. The number of hydrogen-bond acceptors (Lipinski definition) is 4. The zero-order valence-electron chi connectivity index (χ0n) is 13.3. The first-order chi connectivity index (χ1) is 11.4. The van der Waals surface area contributed by atoms with Gasteiger partial charge in [-0.25, -0.2) is 8.42 Å². The van der Waals surface area contributed by atoms with Crippen LogP contribution in [0.1, 0.15) is 30.4 Å². The quantitative estimate of drug-likeness (QED) is 0.876. The number of sulfone groups is 1. The number of hydrogen-bond donors (Lipinski definition) is 1. The molecule has 1 aromatic rings. The van der Waals surface area contributed by atoms with Gasteiger partial charge < -0.3 is 10.2 Å². The average Bonchev–Trinajstić information content (AvgIpc) is 3.16. The minimum Gasteiger partial charge on any atom is -0.335 e. The van der Waals surface area contributed by atoms with Crippen molar-refractivity contribution in [2.45, 2.75) is 44.2 Å². The molecule has 0 bridgehead atoms. The van der Waals surface area contributed by atoms with Gasteiger partial charge in [0.15, 0.2) is 9.84 Å². The normalized spacial score (nSPS) is 24.5. The molecule has 1 N–H and O–H groups in total. The van der Waals surface area contributed by atoms with Crippen molar-refractivity contribution in [2.75, 3.05) is 16.8 Å². The minimum absolute atomic E-state index is 0.0103. The van der Waals surface area contributed by atoms with Crippen LogP contribution in [0.15, 0.2) is 18.2 Å². The van der Waals surface area contributed by atoms with Crippen molar-refractivity contribution in [3.63, 3.8) is 0 Å². The van der Waals surface area contributed by atoms with E-state index in [1.165, 1.54) is 0 Å². The molecule has 2 amide bonds. The third kappa shape index (κ3) is 3.05. The number of amides is 2. The Labute approximate surface area is 141 Å². The van der Waals surface area contributed by atoms with Crippen molar-refractivity contribution in [1.29, 1.82) is 0 Å². The van der Waals surface area contributed by atoms with E-state index >= 15 is 0 Å². The lowest BCUT2D eigenvalue weighted by Gasteiger charge is -2.28. The van der Waals surface area contributed by atoms with E-state index < -0.39 is 9.84 Å². The van der Waals surface area contributed by atoms with Crippen LogP contribution >= 0.6 is 0 Å². The van der Waals surface area contributed by atoms with Gasteiger partial charge in [-0.2, -0.15) is 0 Å². The summed E-state index contributed by atoms with van der Waals surface area (Å²) < 4.78 is 23.5. The number of nitrogens with zero attached hydrogens (tertiary/aromatic N) is 1. The lowest BCUT2D eigenvalue weighted by molar-refractivity contribution is -0.133. The molecule has 1 saturated carbocycles. The molecular weight excluding hydrogens is 328 g/mol. The van der Waals surface area contributed by atoms with Gasteiger partial charge in [0.2, 0.25) is 11.8 Å². The highest BCUT2D eigenvalue weighted by molar-refractivity contribution is 7.91. The number of benzene rings is 1. The Bertz CT molecular complexity index is 814. The summed E-state index contributed by atoms with van der Waals surface area (Å²) in [6, 6.07) is 5.65. The van der Waals surface area contributed by atoms with E-state index in [1.54, 1.807) is 0 Å². The van der Waals surface area contributed by atoms with E-state index in [1.807, 2.05) is 23.1 Å². The molecule has 1 aliphatic carbocycles. The van der Waals surface area contributed by atoms with Crippen LogP contribution in [0.5, 0.6) is 0 Å². The van der Waals surface area contributed by atoms with E-state index in [-0.39, 0.29) is 41.8 Å². The summed E-state index contributed by atoms with van der Waals surface area (Å²) in [6.07, 6.45) is 3.10. The SMILES string of the molecule is O=C1Cc2ccc(CC(=O)N(C3CC3)C3CCS(=O)(=O)C3)cc2N1. The molecule has 7 heteroatoms. The Morgan fingerprint density at radius 3 is 2.67 bits per heavy atom. The largest absolute Gasteiger partial charge is 0.335 e. The van der Waals surface area contributed by atoms with Gasteiger partial charge in [-0.3, -0.25) is 9.59 Å². The molecule has 0 radical (unpaired) electrons. The fourth-order valence-electron chi connectivity index (χ4n) is 3.69. The molecule has 2 heterocycles. The Balaban J connectivity index is 1.50. The summed E-state index contributed by atoms with van der Waals surface area (Å²) in [5, 5.41) is 2.80. The minimum atomic E-state index is -3.01. The standard InChI is InChI=1S/C17H20N2O4S/c20-16-9-12-2-1-11(7-15(12)18-16)8-17(21)19(13-3-4-13)14-5-6-24(22,23)10-14/h1-2,7,13-14H,3-6,8-10H2,(H,18,20). The Kier molecular flexibility index (Phi) is 3.63. The molecule has 24 heavy (non-hydrogen) atoms. The summed E-state index contributed by atoms with van der Waals surface area (Å²) in [5.74, 6) is 0.238. The summed E-state index contributed by atoms with van der Waals surface area (Å²) >= 11 is 0. The van der Waals surface area contributed by atoms with Gasteiger partial charge in [0.25, 0.3) is 0 Å². The van der Waals surface area contributed by atoms with Crippen LogP contribution in [0.2, 0.25) is 0 Å². The van der Waals surface area contributed by atoms with Crippen LogP contribution in [-0.4, -0.2) is 48.7 Å². The third-order valence-corrected chi connectivity index (χ3v) is 6.74. The van der Waals surface area contributed by atoms with Crippen molar-refractivity contribution in [1.82, 2.24) is 4.90 Å². The maximum absolute atomic E-state index is 12.8. The zero-order valence-corrected chi connectivity index (χ0v) is 14.1. The van der Waals surface area contributed by atoms with Crippen molar-refractivity contribution in [3.05, 3.63) is 29.3 Å². The fraction of sp³-hybridized carbons (Fsp3) is 0.529. The van der Waals surface area contributed by atoms with E-state index in [9.17, 15) is 18.0 Å². The second-order valence-electron chi connectivity index (χ2n) is 6.98. The summed E-state index contributed by atoms with van der Waals surface area (Å²) in [4.78, 5) is 26.0.